The highest BCUT2D eigenvalue weighted by Crippen LogP contribution is 2.30. The number of aryl methyl sites for hydroxylation is 2. The van der Waals surface area contributed by atoms with Crippen LogP contribution in [0.3, 0.4) is 0 Å². The van der Waals surface area contributed by atoms with Crippen molar-refractivity contribution < 1.29 is 0 Å². The monoisotopic (exact) mass is 263 g/mol. The van der Waals surface area contributed by atoms with Crippen LogP contribution in [0.15, 0.2) is 18.2 Å². The SMILES string of the molecule is Cc1ccc(C)c(-c2nc(CCN)n(C)c2Cl)c1. The van der Waals surface area contributed by atoms with Gasteiger partial charge in [0.15, 0.2) is 0 Å². The molecule has 0 aliphatic heterocycles. The van der Waals surface area contributed by atoms with E-state index in [2.05, 4.69) is 37.0 Å². The number of benzene rings is 1. The van der Waals surface area contributed by atoms with E-state index < -0.39 is 0 Å². The first kappa shape index (κ1) is 13.1. The number of hydrogen-bond donors (Lipinski definition) is 1. The number of nitrogens with zero attached hydrogens (tertiary/aromatic N) is 2. The van der Waals surface area contributed by atoms with Crippen LogP contribution in [0.25, 0.3) is 11.3 Å². The fourth-order valence-electron chi connectivity index (χ4n) is 2.04. The van der Waals surface area contributed by atoms with Gasteiger partial charge in [0.05, 0.1) is 0 Å². The molecule has 0 fully saturated rings. The molecule has 2 N–H and O–H groups in total. The van der Waals surface area contributed by atoms with Gasteiger partial charge in [0.25, 0.3) is 0 Å². The molecule has 0 aliphatic rings. The molecule has 18 heavy (non-hydrogen) atoms. The van der Waals surface area contributed by atoms with E-state index in [1.807, 2.05) is 11.6 Å². The summed E-state index contributed by atoms with van der Waals surface area (Å²) < 4.78 is 1.91. The van der Waals surface area contributed by atoms with E-state index in [1.165, 1.54) is 11.1 Å². The third kappa shape index (κ3) is 2.28. The molecular formula is C14H18ClN3. The number of imidazole rings is 1. The van der Waals surface area contributed by atoms with Crippen LogP contribution in [0.1, 0.15) is 17.0 Å². The van der Waals surface area contributed by atoms with Crippen molar-refractivity contribution in [2.24, 2.45) is 12.8 Å². The van der Waals surface area contributed by atoms with E-state index in [9.17, 15) is 0 Å². The van der Waals surface area contributed by atoms with Gasteiger partial charge in [-0.15, -0.1) is 0 Å². The van der Waals surface area contributed by atoms with Crippen LogP contribution in [-0.2, 0) is 13.5 Å². The summed E-state index contributed by atoms with van der Waals surface area (Å²) in [5, 5.41) is 0.673. The van der Waals surface area contributed by atoms with E-state index in [1.54, 1.807) is 0 Å². The second kappa shape index (κ2) is 5.12. The van der Waals surface area contributed by atoms with Gasteiger partial charge in [0.2, 0.25) is 0 Å². The average Bonchev–Trinajstić information content (AvgIpc) is 2.61. The molecular weight excluding hydrogens is 246 g/mol. The molecule has 0 atom stereocenters. The van der Waals surface area contributed by atoms with Crippen molar-refractivity contribution in [2.45, 2.75) is 20.3 Å². The third-order valence-corrected chi connectivity index (χ3v) is 3.57. The number of hydrogen-bond acceptors (Lipinski definition) is 2. The highest BCUT2D eigenvalue weighted by atomic mass is 35.5. The summed E-state index contributed by atoms with van der Waals surface area (Å²) in [7, 11) is 1.93. The zero-order valence-electron chi connectivity index (χ0n) is 11.0. The molecule has 2 rings (SSSR count). The summed E-state index contributed by atoms with van der Waals surface area (Å²) in [5.41, 5.74) is 9.92. The lowest BCUT2D eigenvalue weighted by atomic mass is 10.0. The molecule has 0 bridgehead atoms. The highest BCUT2D eigenvalue weighted by Gasteiger charge is 2.15. The van der Waals surface area contributed by atoms with Crippen LogP contribution in [0.4, 0.5) is 0 Å². The minimum Gasteiger partial charge on any atom is -0.330 e. The smallest absolute Gasteiger partial charge is 0.136 e. The van der Waals surface area contributed by atoms with Crippen molar-refractivity contribution in [3.63, 3.8) is 0 Å². The number of nitrogens with two attached hydrogens (primary N) is 1. The summed E-state index contributed by atoms with van der Waals surface area (Å²) in [6.45, 7) is 4.72. The van der Waals surface area contributed by atoms with Gasteiger partial charge in [-0.2, -0.15) is 0 Å². The lowest BCUT2D eigenvalue weighted by Gasteiger charge is -2.05. The molecule has 3 nitrogen and oxygen atoms in total. The Balaban J connectivity index is 2.57. The Morgan fingerprint density at radius 3 is 2.72 bits per heavy atom. The topological polar surface area (TPSA) is 43.8 Å². The van der Waals surface area contributed by atoms with E-state index in [-0.39, 0.29) is 0 Å². The van der Waals surface area contributed by atoms with E-state index in [0.29, 0.717) is 11.7 Å². The first-order valence-corrected chi connectivity index (χ1v) is 6.41. The Kier molecular flexibility index (Phi) is 3.73. The van der Waals surface area contributed by atoms with Crippen molar-refractivity contribution in [1.82, 2.24) is 9.55 Å². The Hall–Kier alpha value is -1.32. The summed E-state index contributed by atoms with van der Waals surface area (Å²) in [5.74, 6) is 0.929. The minimum absolute atomic E-state index is 0.577. The third-order valence-electron chi connectivity index (χ3n) is 3.13. The maximum Gasteiger partial charge on any atom is 0.136 e. The van der Waals surface area contributed by atoms with Gasteiger partial charge in [-0.05, 0) is 32.0 Å². The second-order valence-electron chi connectivity index (χ2n) is 4.58. The summed E-state index contributed by atoms with van der Waals surface area (Å²) in [4.78, 5) is 4.62. The quantitative estimate of drug-likeness (QED) is 0.925. The van der Waals surface area contributed by atoms with Gasteiger partial charge in [0, 0.05) is 19.0 Å². The molecule has 0 spiro atoms. The first-order valence-electron chi connectivity index (χ1n) is 6.03. The van der Waals surface area contributed by atoms with Crippen molar-refractivity contribution in [1.29, 1.82) is 0 Å². The lowest BCUT2D eigenvalue weighted by Crippen LogP contribution is -2.07. The van der Waals surface area contributed by atoms with Gasteiger partial charge >= 0.3 is 0 Å². The fraction of sp³-hybridized carbons (Fsp3) is 0.357. The standard InChI is InChI=1S/C14H18ClN3/c1-9-4-5-10(2)11(8-9)13-14(15)18(3)12(17-13)6-7-16/h4-5,8H,6-7,16H2,1-3H3. The fourth-order valence-corrected chi connectivity index (χ4v) is 2.28. The first-order chi connectivity index (χ1) is 8.54. The molecule has 0 aliphatic carbocycles. The molecule has 1 aromatic carbocycles. The minimum atomic E-state index is 0.577. The van der Waals surface area contributed by atoms with Gasteiger partial charge in [0.1, 0.15) is 16.7 Å². The molecule has 96 valence electrons. The molecule has 2 aromatic rings. The van der Waals surface area contributed by atoms with Crippen LogP contribution in [0.5, 0.6) is 0 Å². The molecule has 0 saturated heterocycles. The van der Waals surface area contributed by atoms with E-state index in [0.717, 1.165) is 23.5 Å². The van der Waals surface area contributed by atoms with Crippen molar-refractivity contribution in [3.8, 4) is 11.3 Å². The normalized spacial score (nSPS) is 10.9. The molecule has 1 aromatic heterocycles. The predicted octanol–water partition coefficient (Wildman–Crippen LogP) is 2.86. The van der Waals surface area contributed by atoms with E-state index in [4.69, 9.17) is 17.3 Å². The van der Waals surface area contributed by atoms with Crippen molar-refractivity contribution in [3.05, 3.63) is 40.3 Å². The number of aromatic nitrogens is 2. The Labute approximate surface area is 113 Å². The van der Waals surface area contributed by atoms with Crippen LogP contribution in [-0.4, -0.2) is 16.1 Å². The van der Waals surface area contributed by atoms with Crippen LogP contribution < -0.4 is 5.73 Å². The highest BCUT2D eigenvalue weighted by molar-refractivity contribution is 6.32. The molecule has 4 heteroatoms. The molecule has 0 unspecified atom stereocenters. The second-order valence-corrected chi connectivity index (χ2v) is 4.94. The van der Waals surface area contributed by atoms with Crippen molar-refractivity contribution >= 4 is 11.6 Å². The Bertz CT molecular complexity index is 573. The summed E-state index contributed by atoms with van der Waals surface area (Å²) >= 11 is 6.37. The molecule has 0 amide bonds. The Morgan fingerprint density at radius 2 is 2.06 bits per heavy atom. The summed E-state index contributed by atoms with van der Waals surface area (Å²) in [6, 6.07) is 6.31. The van der Waals surface area contributed by atoms with Gasteiger partial charge in [-0.3, -0.25) is 0 Å². The Morgan fingerprint density at radius 1 is 1.33 bits per heavy atom. The van der Waals surface area contributed by atoms with Crippen LogP contribution in [0.2, 0.25) is 5.15 Å². The predicted molar refractivity (Wildman–Crippen MR) is 75.9 cm³/mol. The largest absolute Gasteiger partial charge is 0.330 e. The zero-order chi connectivity index (χ0) is 13.3. The maximum atomic E-state index is 6.37. The van der Waals surface area contributed by atoms with Gasteiger partial charge < -0.3 is 10.3 Å². The molecule has 0 radical (unpaired) electrons. The number of rotatable bonds is 3. The van der Waals surface area contributed by atoms with Gasteiger partial charge in [-0.1, -0.05) is 29.3 Å². The van der Waals surface area contributed by atoms with Crippen molar-refractivity contribution in [2.75, 3.05) is 6.54 Å². The molecule has 0 saturated carbocycles. The van der Waals surface area contributed by atoms with Crippen LogP contribution in [0, 0.1) is 13.8 Å². The van der Waals surface area contributed by atoms with Gasteiger partial charge in [-0.25, -0.2) is 4.98 Å². The van der Waals surface area contributed by atoms with E-state index >= 15 is 0 Å². The average molecular weight is 264 g/mol. The molecule has 1 heterocycles. The summed E-state index contributed by atoms with van der Waals surface area (Å²) in [6.07, 6.45) is 0.737. The van der Waals surface area contributed by atoms with Crippen LogP contribution >= 0.6 is 11.6 Å². The number of halogens is 1. The maximum absolute atomic E-state index is 6.37. The lowest BCUT2D eigenvalue weighted by molar-refractivity contribution is 0.778. The zero-order valence-corrected chi connectivity index (χ0v) is 11.8.